The van der Waals surface area contributed by atoms with Gasteiger partial charge in [-0.1, -0.05) is 40.2 Å². The van der Waals surface area contributed by atoms with Crippen molar-refractivity contribution in [2.45, 2.75) is 12.8 Å². The van der Waals surface area contributed by atoms with Gasteiger partial charge in [0, 0.05) is 10.0 Å². The summed E-state index contributed by atoms with van der Waals surface area (Å²) in [6.07, 6.45) is 0. The maximum atomic E-state index is 14.1. The lowest BCUT2D eigenvalue weighted by Crippen LogP contribution is -2.07. The molecule has 2 aromatic rings. The van der Waals surface area contributed by atoms with Gasteiger partial charge in [-0.2, -0.15) is 0 Å². The van der Waals surface area contributed by atoms with Gasteiger partial charge in [-0.05, 0) is 36.2 Å². The van der Waals surface area contributed by atoms with E-state index in [4.69, 9.17) is 5.11 Å². The molecule has 0 aliphatic carbocycles. The Morgan fingerprint density at radius 2 is 1.84 bits per heavy atom. The third-order valence-corrected chi connectivity index (χ3v) is 3.55. The van der Waals surface area contributed by atoms with Crippen molar-refractivity contribution in [2.24, 2.45) is 0 Å². The van der Waals surface area contributed by atoms with Crippen molar-refractivity contribution in [3.8, 4) is 11.1 Å². The Kier molecular flexibility index (Phi) is 4.00. The van der Waals surface area contributed by atoms with E-state index in [9.17, 15) is 9.18 Å². The SMILES string of the molecule is C[C@@H](C(=O)O)c1ccc(-c2ccc(Br)cc2)c(F)c1. The van der Waals surface area contributed by atoms with Crippen LogP contribution in [0.3, 0.4) is 0 Å². The van der Waals surface area contributed by atoms with Crippen LogP contribution < -0.4 is 0 Å². The predicted molar refractivity (Wildman–Crippen MR) is 75.6 cm³/mol. The Labute approximate surface area is 119 Å². The van der Waals surface area contributed by atoms with Gasteiger partial charge in [-0.25, -0.2) is 4.39 Å². The predicted octanol–water partition coefficient (Wildman–Crippen LogP) is 4.44. The minimum Gasteiger partial charge on any atom is -0.481 e. The van der Waals surface area contributed by atoms with Crippen LogP contribution in [0.2, 0.25) is 0 Å². The van der Waals surface area contributed by atoms with Crippen molar-refractivity contribution < 1.29 is 14.3 Å². The highest BCUT2D eigenvalue weighted by atomic mass is 79.9. The average Bonchev–Trinajstić information content (AvgIpc) is 2.39. The molecule has 1 atom stereocenters. The monoisotopic (exact) mass is 322 g/mol. The van der Waals surface area contributed by atoms with Crippen LogP contribution in [-0.4, -0.2) is 11.1 Å². The Bertz CT molecular complexity index is 608. The molecule has 2 nitrogen and oxygen atoms in total. The highest BCUT2D eigenvalue weighted by molar-refractivity contribution is 9.10. The van der Waals surface area contributed by atoms with Gasteiger partial charge in [0.2, 0.25) is 0 Å². The first-order chi connectivity index (χ1) is 8.99. The van der Waals surface area contributed by atoms with E-state index < -0.39 is 17.7 Å². The molecule has 0 saturated carbocycles. The lowest BCUT2D eigenvalue weighted by Gasteiger charge is -2.09. The zero-order valence-corrected chi connectivity index (χ0v) is 11.8. The number of carboxylic acid groups (broad SMARTS) is 1. The van der Waals surface area contributed by atoms with Crippen LogP contribution in [0.25, 0.3) is 11.1 Å². The molecule has 0 aliphatic heterocycles. The molecule has 0 bridgehead atoms. The number of hydrogen-bond acceptors (Lipinski definition) is 1. The number of aliphatic carboxylic acids is 1. The first-order valence-corrected chi connectivity index (χ1v) is 6.56. The Morgan fingerprint density at radius 3 is 2.37 bits per heavy atom. The molecule has 2 rings (SSSR count). The smallest absolute Gasteiger partial charge is 0.310 e. The second-order valence-electron chi connectivity index (χ2n) is 4.31. The fourth-order valence-electron chi connectivity index (χ4n) is 1.81. The minimum atomic E-state index is -0.962. The van der Waals surface area contributed by atoms with Crippen LogP contribution in [0.15, 0.2) is 46.9 Å². The summed E-state index contributed by atoms with van der Waals surface area (Å²) in [5.74, 6) is -2.09. The van der Waals surface area contributed by atoms with Crippen molar-refractivity contribution >= 4 is 21.9 Å². The Hall–Kier alpha value is -1.68. The molecule has 0 fully saturated rings. The van der Waals surface area contributed by atoms with Gasteiger partial charge in [0.1, 0.15) is 5.82 Å². The second-order valence-corrected chi connectivity index (χ2v) is 5.22. The number of benzene rings is 2. The van der Waals surface area contributed by atoms with Gasteiger partial charge in [0.25, 0.3) is 0 Å². The fourth-order valence-corrected chi connectivity index (χ4v) is 2.07. The molecular weight excluding hydrogens is 311 g/mol. The normalized spacial score (nSPS) is 12.2. The van der Waals surface area contributed by atoms with Crippen molar-refractivity contribution in [2.75, 3.05) is 0 Å². The molecule has 0 heterocycles. The molecular formula is C15H12BrFO2. The quantitative estimate of drug-likeness (QED) is 0.906. The molecule has 98 valence electrons. The molecule has 0 saturated heterocycles. The molecule has 1 N–H and O–H groups in total. The number of rotatable bonds is 3. The number of carboxylic acids is 1. The molecule has 4 heteroatoms. The van der Waals surface area contributed by atoms with E-state index >= 15 is 0 Å². The maximum Gasteiger partial charge on any atom is 0.310 e. The third-order valence-electron chi connectivity index (χ3n) is 3.02. The van der Waals surface area contributed by atoms with E-state index in [0.29, 0.717) is 11.1 Å². The van der Waals surface area contributed by atoms with Gasteiger partial charge < -0.3 is 5.11 Å². The molecule has 2 aromatic carbocycles. The van der Waals surface area contributed by atoms with E-state index in [2.05, 4.69) is 15.9 Å². The summed E-state index contributed by atoms with van der Waals surface area (Å²) in [7, 11) is 0. The van der Waals surface area contributed by atoms with Crippen LogP contribution in [0.4, 0.5) is 4.39 Å². The van der Waals surface area contributed by atoms with E-state index in [-0.39, 0.29) is 0 Å². The lowest BCUT2D eigenvalue weighted by molar-refractivity contribution is -0.138. The van der Waals surface area contributed by atoms with Gasteiger partial charge in [-0.15, -0.1) is 0 Å². The van der Waals surface area contributed by atoms with Crippen molar-refractivity contribution in [3.05, 3.63) is 58.3 Å². The highest BCUT2D eigenvalue weighted by Crippen LogP contribution is 2.27. The number of hydrogen-bond donors (Lipinski definition) is 1. The standard InChI is InChI=1S/C15H12BrFO2/c1-9(15(18)19)11-4-7-13(14(17)8-11)10-2-5-12(16)6-3-10/h2-9H,1H3,(H,18,19)/t9-/m1/s1. The first kappa shape index (κ1) is 13.7. The van der Waals surface area contributed by atoms with Crippen molar-refractivity contribution in [3.63, 3.8) is 0 Å². The van der Waals surface area contributed by atoms with Crippen LogP contribution >= 0.6 is 15.9 Å². The van der Waals surface area contributed by atoms with E-state index in [1.54, 1.807) is 12.1 Å². The van der Waals surface area contributed by atoms with Gasteiger partial charge in [0.05, 0.1) is 5.92 Å². The summed E-state index contributed by atoms with van der Waals surface area (Å²) >= 11 is 3.32. The number of carbonyl (C=O) groups is 1. The fraction of sp³-hybridized carbons (Fsp3) is 0.133. The molecule has 0 aliphatic rings. The van der Waals surface area contributed by atoms with E-state index in [0.717, 1.165) is 10.0 Å². The summed E-state index contributed by atoms with van der Waals surface area (Å²) in [5, 5.41) is 8.92. The van der Waals surface area contributed by atoms with Gasteiger partial charge in [0.15, 0.2) is 0 Å². The Balaban J connectivity index is 2.39. The summed E-state index contributed by atoms with van der Waals surface area (Å²) in [4.78, 5) is 10.9. The summed E-state index contributed by atoms with van der Waals surface area (Å²) in [5.41, 5.74) is 1.69. The van der Waals surface area contributed by atoms with Crippen molar-refractivity contribution in [1.82, 2.24) is 0 Å². The topological polar surface area (TPSA) is 37.3 Å². The van der Waals surface area contributed by atoms with E-state index in [1.807, 2.05) is 24.3 Å². The minimum absolute atomic E-state index is 0.409. The summed E-state index contributed by atoms with van der Waals surface area (Å²) in [6.45, 7) is 1.54. The average molecular weight is 323 g/mol. The number of halogens is 2. The van der Waals surface area contributed by atoms with Crippen molar-refractivity contribution in [1.29, 1.82) is 0 Å². The van der Waals surface area contributed by atoms with Crippen LogP contribution in [0.5, 0.6) is 0 Å². The Morgan fingerprint density at radius 1 is 1.21 bits per heavy atom. The molecule has 0 spiro atoms. The first-order valence-electron chi connectivity index (χ1n) is 5.77. The molecule has 0 amide bonds. The van der Waals surface area contributed by atoms with Crippen LogP contribution in [0.1, 0.15) is 18.4 Å². The lowest BCUT2D eigenvalue weighted by atomic mass is 9.97. The maximum absolute atomic E-state index is 14.1. The van der Waals surface area contributed by atoms with Gasteiger partial charge in [-0.3, -0.25) is 4.79 Å². The van der Waals surface area contributed by atoms with E-state index in [1.165, 1.54) is 13.0 Å². The zero-order valence-electron chi connectivity index (χ0n) is 10.2. The third kappa shape index (κ3) is 3.01. The van der Waals surface area contributed by atoms with Crippen LogP contribution in [-0.2, 0) is 4.79 Å². The van der Waals surface area contributed by atoms with Gasteiger partial charge >= 0.3 is 5.97 Å². The largest absolute Gasteiger partial charge is 0.481 e. The molecule has 0 unspecified atom stereocenters. The summed E-state index contributed by atoms with van der Waals surface area (Å²) < 4.78 is 15.0. The second kappa shape index (κ2) is 5.53. The molecule has 0 radical (unpaired) electrons. The zero-order chi connectivity index (χ0) is 14.0. The summed E-state index contributed by atoms with van der Waals surface area (Å²) in [6, 6.07) is 11.8. The highest BCUT2D eigenvalue weighted by Gasteiger charge is 2.15. The molecule has 19 heavy (non-hydrogen) atoms. The molecule has 0 aromatic heterocycles. The van der Waals surface area contributed by atoms with Crippen LogP contribution in [0, 0.1) is 5.82 Å².